The van der Waals surface area contributed by atoms with Crippen molar-refractivity contribution in [2.75, 3.05) is 43.3 Å². The summed E-state index contributed by atoms with van der Waals surface area (Å²) in [6.45, 7) is 5.05. The molecule has 1 amide bonds. The minimum atomic E-state index is -3.58. The minimum absolute atomic E-state index is 0.176. The fourth-order valence-electron chi connectivity index (χ4n) is 4.14. The van der Waals surface area contributed by atoms with Crippen LogP contribution in [0.3, 0.4) is 0 Å². The van der Waals surface area contributed by atoms with E-state index in [1.165, 1.54) is 9.87 Å². The number of amides is 1. The Morgan fingerprint density at radius 2 is 1.72 bits per heavy atom. The van der Waals surface area contributed by atoms with Crippen molar-refractivity contribution in [1.29, 1.82) is 0 Å². The number of rotatable bonds is 6. The molecule has 168 valence electrons. The summed E-state index contributed by atoms with van der Waals surface area (Å²) in [5, 5.41) is 1.12. The van der Waals surface area contributed by atoms with Crippen LogP contribution >= 0.6 is 0 Å². The molecule has 1 aliphatic rings. The molecule has 32 heavy (non-hydrogen) atoms. The molecule has 0 spiro atoms. The van der Waals surface area contributed by atoms with E-state index in [0.29, 0.717) is 18.8 Å². The van der Waals surface area contributed by atoms with Gasteiger partial charge in [0.1, 0.15) is 6.54 Å². The fourth-order valence-corrected chi connectivity index (χ4v) is 5.05. The second kappa shape index (κ2) is 9.26. The number of aromatic nitrogens is 1. The van der Waals surface area contributed by atoms with E-state index in [1.807, 2.05) is 37.4 Å². The highest BCUT2D eigenvalue weighted by Crippen LogP contribution is 2.23. The van der Waals surface area contributed by atoms with Gasteiger partial charge in [0.05, 0.1) is 17.5 Å². The van der Waals surface area contributed by atoms with Crippen LogP contribution in [0.25, 0.3) is 10.9 Å². The topological polar surface area (TPSA) is 73.8 Å². The second-order valence-electron chi connectivity index (χ2n) is 8.21. The smallest absolute Gasteiger partial charge is 0.243 e. The summed E-state index contributed by atoms with van der Waals surface area (Å²) in [5.74, 6) is -0.176. The number of carbonyl (C=O) groups is 1. The van der Waals surface area contributed by atoms with Crippen molar-refractivity contribution in [1.82, 2.24) is 14.8 Å². The summed E-state index contributed by atoms with van der Waals surface area (Å²) < 4.78 is 26.0. The Bertz CT molecular complexity index is 1220. The first-order valence-electron chi connectivity index (χ1n) is 10.7. The highest BCUT2D eigenvalue weighted by molar-refractivity contribution is 7.92. The van der Waals surface area contributed by atoms with Gasteiger partial charge in [-0.15, -0.1) is 0 Å². The number of benzene rings is 2. The van der Waals surface area contributed by atoms with Gasteiger partial charge in [0.15, 0.2) is 0 Å². The Kier molecular flexibility index (Phi) is 6.43. The summed E-state index contributed by atoms with van der Waals surface area (Å²) in [6, 6.07) is 17.4. The quantitative estimate of drug-likeness (QED) is 0.575. The Morgan fingerprint density at radius 3 is 2.44 bits per heavy atom. The number of hydrogen-bond acceptors (Lipinski definition) is 5. The maximum Gasteiger partial charge on any atom is 0.243 e. The van der Waals surface area contributed by atoms with Crippen LogP contribution in [-0.4, -0.2) is 68.1 Å². The van der Waals surface area contributed by atoms with E-state index in [1.54, 1.807) is 17.0 Å². The third-order valence-electron chi connectivity index (χ3n) is 5.90. The molecule has 0 bridgehead atoms. The molecule has 0 saturated carbocycles. The van der Waals surface area contributed by atoms with E-state index in [-0.39, 0.29) is 12.5 Å². The number of nitrogens with zero attached hydrogens (tertiary/aromatic N) is 4. The molecule has 4 rings (SSSR count). The zero-order valence-corrected chi connectivity index (χ0v) is 19.3. The van der Waals surface area contributed by atoms with Crippen LogP contribution in [0, 0.1) is 6.92 Å². The molecule has 0 aliphatic carbocycles. The summed E-state index contributed by atoms with van der Waals surface area (Å²) in [6.07, 6.45) is 2.95. The van der Waals surface area contributed by atoms with Gasteiger partial charge in [-0.3, -0.25) is 19.0 Å². The summed E-state index contributed by atoms with van der Waals surface area (Å²) >= 11 is 0. The number of carbonyl (C=O) groups excluding carboxylic acids is 1. The second-order valence-corrected chi connectivity index (χ2v) is 10.1. The lowest BCUT2D eigenvalue weighted by atomic mass is 10.1. The lowest BCUT2D eigenvalue weighted by molar-refractivity contribution is -0.131. The molecule has 1 saturated heterocycles. The minimum Gasteiger partial charge on any atom is -0.339 e. The van der Waals surface area contributed by atoms with Crippen molar-refractivity contribution in [3.63, 3.8) is 0 Å². The van der Waals surface area contributed by atoms with Gasteiger partial charge in [0.2, 0.25) is 15.9 Å². The highest BCUT2D eigenvalue weighted by atomic mass is 32.2. The molecule has 1 fully saturated rings. The summed E-state index contributed by atoms with van der Waals surface area (Å²) in [5.41, 5.74) is 3.55. The van der Waals surface area contributed by atoms with E-state index in [0.717, 1.165) is 42.4 Å². The lowest BCUT2D eigenvalue weighted by Gasteiger charge is -2.36. The van der Waals surface area contributed by atoms with E-state index in [9.17, 15) is 13.2 Å². The summed E-state index contributed by atoms with van der Waals surface area (Å²) in [4.78, 5) is 21.6. The number of fused-ring (bicyclic) bond motifs is 1. The van der Waals surface area contributed by atoms with Crippen molar-refractivity contribution in [2.45, 2.75) is 13.5 Å². The molecule has 1 aromatic heterocycles. The number of anilines is 1. The number of para-hydroxylation sites is 2. The molecule has 2 heterocycles. The van der Waals surface area contributed by atoms with Crippen LogP contribution in [-0.2, 0) is 21.4 Å². The molecule has 8 heteroatoms. The molecule has 7 nitrogen and oxygen atoms in total. The first kappa shape index (κ1) is 22.2. The normalized spacial score (nSPS) is 15.1. The average molecular weight is 453 g/mol. The van der Waals surface area contributed by atoms with Gasteiger partial charge in [-0.1, -0.05) is 42.5 Å². The lowest BCUT2D eigenvalue weighted by Crippen LogP contribution is -2.51. The molecule has 2 aromatic carbocycles. The highest BCUT2D eigenvalue weighted by Gasteiger charge is 2.27. The molecule has 0 unspecified atom stereocenters. The van der Waals surface area contributed by atoms with Crippen molar-refractivity contribution >= 4 is 32.5 Å². The van der Waals surface area contributed by atoms with Crippen LogP contribution in [0.1, 0.15) is 11.1 Å². The monoisotopic (exact) mass is 452 g/mol. The molecular formula is C24H28N4O3S. The fraction of sp³-hybridized carbons (Fsp3) is 0.333. The molecule has 1 aliphatic heterocycles. The number of piperazine rings is 1. The summed E-state index contributed by atoms with van der Waals surface area (Å²) in [7, 11) is -3.58. The molecule has 0 radical (unpaired) electrons. The van der Waals surface area contributed by atoms with Gasteiger partial charge in [0, 0.05) is 44.3 Å². The third kappa shape index (κ3) is 4.92. The van der Waals surface area contributed by atoms with Crippen molar-refractivity contribution in [2.24, 2.45) is 0 Å². The standard InChI is InChI=1S/C24H28N4O3S/c1-19-7-3-4-11-22(19)28(32(2,30)31)18-23(29)27-15-13-26(14-16-27)17-21-9-5-8-20-10-6-12-25-24(20)21/h3-12H,13-18H2,1-2H3. The molecule has 3 aromatic rings. The number of aryl methyl sites for hydroxylation is 1. The average Bonchev–Trinajstić information content (AvgIpc) is 2.78. The molecular weight excluding hydrogens is 424 g/mol. The van der Waals surface area contributed by atoms with Crippen LogP contribution in [0.4, 0.5) is 5.69 Å². The molecule has 0 atom stereocenters. The zero-order chi connectivity index (χ0) is 22.7. The predicted octanol–water partition coefficient (Wildman–Crippen LogP) is 2.65. The van der Waals surface area contributed by atoms with E-state index in [4.69, 9.17) is 0 Å². The third-order valence-corrected chi connectivity index (χ3v) is 7.03. The van der Waals surface area contributed by atoms with Crippen molar-refractivity contribution < 1.29 is 13.2 Å². The van der Waals surface area contributed by atoms with Gasteiger partial charge >= 0.3 is 0 Å². The number of hydrogen-bond donors (Lipinski definition) is 0. The van der Waals surface area contributed by atoms with Gasteiger partial charge < -0.3 is 4.90 Å². The molecule has 0 N–H and O–H groups in total. The Hall–Kier alpha value is -2.97. The van der Waals surface area contributed by atoms with Gasteiger partial charge in [-0.25, -0.2) is 8.42 Å². The number of pyridine rings is 1. The first-order valence-corrected chi connectivity index (χ1v) is 12.5. The SMILES string of the molecule is Cc1ccccc1N(CC(=O)N1CCN(Cc2cccc3cccnc23)CC1)S(C)(=O)=O. The van der Waals surface area contributed by atoms with Gasteiger partial charge in [0.25, 0.3) is 0 Å². The number of sulfonamides is 1. The largest absolute Gasteiger partial charge is 0.339 e. The van der Waals surface area contributed by atoms with Crippen molar-refractivity contribution in [3.05, 3.63) is 71.9 Å². The zero-order valence-electron chi connectivity index (χ0n) is 18.4. The predicted molar refractivity (Wildman–Crippen MR) is 127 cm³/mol. The Balaban J connectivity index is 1.40. The van der Waals surface area contributed by atoms with Crippen LogP contribution < -0.4 is 4.31 Å². The maximum atomic E-state index is 13.0. The van der Waals surface area contributed by atoms with Crippen LogP contribution in [0.2, 0.25) is 0 Å². The van der Waals surface area contributed by atoms with Crippen LogP contribution in [0.15, 0.2) is 60.8 Å². The van der Waals surface area contributed by atoms with E-state index in [2.05, 4.69) is 28.1 Å². The van der Waals surface area contributed by atoms with E-state index >= 15 is 0 Å². The van der Waals surface area contributed by atoms with Crippen molar-refractivity contribution in [3.8, 4) is 0 Å². The first-order chi connectivity index (χ1) is 15.3. The maximum absolute atomic E-state index is 13.0. The van der Waals surface area contributed by atoms with Gasteiger partial charge in [-0.05, 0) is 30.2 Å². The Labute approximate surface area is 189 Å². The van der Waals surface area contributed by atoms with Gasteiger partial charge in [-0.2, -0.15) is 0 Å². The Morgan fingerprint density at radius 1 is 1.00 bits per heavy atom. The van der Waals surface area contributed by atoms with Crippen LogP contribution in [0.5, 0.6) is 0 Å². The van der Waals surface area contributed by atoms with E-state index < -0.39 is 10.0 Å².